The molecule has 4 N–H and O–H groups in total. The Morgan fingerprint density at radius 2 is 1.92 bits per heavy atom. The molecule has 5 heterocycles. The Bertz CT molecular complexity index is 1350. The molecule has 2 unspecified atom stereocenters. The predicted molar refractivity (Wildman–Crippen MR) is 148 cm³/mol. The number of anilines is 2. The first-order valence-corrected chi connectivity index (χ1v) is 14.1. The van der Waals surface area contributed by atoms with Crippen molar-refractivity contribution in [1.82, 2.24) is 19.5 Å². The Balaban J connectivity index is 1.47. The zero-order valence-corrected chi connectivity index (χ0v) is 22.3. The molecule has 3 aliphatic heterocycles. The fourth-order valence-electron chi connectivity index (χ4n) is 6.02. The molecule has 2 aromatic heterocycles. The Hall–Kier alpha value is -3.44. The minimum absolute atomic E-state index is 0.132. The lowest BCUT2D eigenvalue weighted by Crippen LogP contribution is -2.39. The molecule has 0 spiro atoms. The highest BCUT2D eigenvalue weighted by atomic mass is 19.1. The minimum Gasteiger partial charge on any atom is -0.493 e. The third kappa shape index (κ3) is 5.12. The number of hydrogen-bond acceptors (Lipinski definition) is 8. The molecular formula is C28H37FN8O2. The van der Waals surface area contributed by atoms with Crippen molar-refractivity contribution in [2.24, 2.45) is 11.5 Å². The monoisotopic (exact) mass is 536 g/mol. The van der Waals surface area contributed by atoms with Gasteiger partial charge in [0.2, 0.25) is 0 Å². The molecule has 39 heavy (non-hydrogen) atoms. The van der Waals surface area contributed by atoms with Crippen LogP contribution in [0.1, 0.15) is 60.6 Å². The zero-order chi connectivity index (χ0) is 26.9. The summed E-state index contributed by atoms with van der Waals surface area (Å²) < 4.78 is 22.2. The number of halogens is 1. The molecule has 6 rings (SSSR count). The standard InChI is InChI=1S/C28H37FN8O2/c29-19-6-7-24-21(15-19)28(38)36-11-2-1-5-23(36)22-16-26-32-25(35-12-8-20(31)18-35)17-27(37(26)33-22)34(13-9-30)10-3-4-14-39-24/h6-7,15-17,20,23H,1-5,8-14,18,30-31H2. The molecule has 2 fully saturated rings. The van der Waals surface area contributed by atoms with Gasteiger partial charge < -0.3 is 30.9 Å². The van der Waals surface area contributed by atoms with Gasteiger partial charge in [0.1, 0.15) is 23.2 Å². The number of benzene rings is 1. The highest BCUT2D eigenvalue weighted by Crippen LogP contribution is 2.35. The molecule has 1 amide bonds. The SMILES string of the molecule is NCCN1CCCCOc2ccc(F)cc2C(=O)N2CCCCC2c2cc3nc(N4CCC(N)C4)cc1n3n2. The van der Waals surface area contributed by atoms with E-state index in [2.05, 4.69) is 15.9 Å². The summed E-state index contributed by atoms with van der Waals surface area (Å²) in [6.45, 7) is 4.56. The number of hydrogen-bond donors (Lipinski definition) is 2. The van der Waals surface area contributed by atoms with E-state index in [0.29, 0.717) is 32.0 Å². The molecule has 0 saturated carbocycles. The number of rotatable bonds is 3. The van der Waals surface area contributed by atoms with Crippen LogP contribution in [0.3, 0.4) is 0 Å². The number of carbonyl (C=O) groups excluding carboxylic acids is 1. The first-order chi connectivity index (χ1) is 19.0. The number of carbonyl (C=O) groups is 1. The van der Waals surface area contributed by atoms with Crippen molar-refractivity contribution >= 4 is 23.2 Å². The first-order valence-electron chi connectivity index (χ1n) is 14.1. The highest BCUT2D eigenvalue weighted by molar-refractivity contribution is 5.97. The van der Waals surface area contributed by atoms with Gasteiger partial charge in [-0.1, -0.05) is 0 Å². The van der Waals surface area contributed by atoms with Crippen LogP contribution in [0, 0.1) is 5.82 Å². The summed E-state index contributed by atoms with van der Waals surface area (Å²) in [5.74, 6) is 1.55. The van der Waals surface area contributed by atoms with Gasteiger partial charge in [-0.05, 0) is 56.7 Å². The molecule has 3 aromatic rings. The molecule has 0 radical (unpaired) electrons. The topological polar surface area (TPSA) is 118 Å². The van der Waals surface area contributed by atoms with Gasteiger partial charge in [0.15, 0.2) is 5.65 Å². The summed E-state index contributed by atoms with van der Waals surface area (Å²) in [4.78, 5) is 25.2. The van der Waals surface area contributed by atoms with E-state index in [0.717, 1.165) is 81.1 Å². The van der Waals surface area contributed by atoms with Gasteiger partial charge in [-0.3, -0.25) is 4.79 Å². The molecule has 10 nitrogen and oxygen atoms in total. The second kappa shape index (κ2) is 11.0. The lowest BCUT2D eigenvalue weighted by atomic mass is 9.98. The lowest BCUT2D eigenvalue weighted by Gasteiger charge is -2.35. The van der Waals surface area contributed by atoms with E-state index in [9.17, 15) is 9.18 Å². The molecule has 3 aliphatic rings. The summed E-state index contributed by atoms with van der Waals surface area (Å²) in [5, 5.41) is 5.04. The Morgan fingerprint density at radius 3 is 2.74 bits per heavy atom. The van der Waals surface area contributed by atoms with Crippen LogP contribution in [0.15, 0.2) is 30.3 Å². The maximum atomic E-state index is 14.3. The average Bonchev–Trinajstić information content (AvgIpc) is 3.58. The van der Waals surface area contributed by atoms with Crippen molar-refractivity contribution in [3.05, 3.63) is 47.4 Å². The largest absolute Gasteiger partial charge is 0.493 e. The van der Waals surface area contributed by atoms with E-state index < -0.39 is 5.82 Å². The average molecular weight is 537 g/mol. The summed E-state index contributed by atoms with van der Waals surface area (Å²) >= 11 is 0. The van der Waals surface area contributed by atoms with Crippen LogP contribution in [0.25, 0.3) is 5.65 Å². The van der Waals surface area contributed by atoms with Gasteiger partial charge in [0.05, 0.1) is 23.9 Å². The Kier molecular flexibility index (Phi) is 7.26. The van der Waals surface area contributed by atoms with Gasteiger partial charge >= 0.3 is 0 Å². The molecule has 1 aromatic carbocycles. The van der Waals surface area contributed by atoms with E-state index in [-0.39, 0.29) is 23.6 Å². The van der Waals surface area contributed by atoms with Gasteiger partial charge in [0, 0.05) is 57.4 Å². The Morgan fingerprint density at radius 1 is 1.05 bits per heavy atom. The molecule has 11 heteroatoms. The van der Waals surface area contributed by atoms with Crippen LogP contribution < -0.4 is 26.0 Å². The van der Waals surface area contributed by atoms with E-state index in [4.69, 9.17) is 26.3 Å². The molecular weight excluding hydrogens is 499 g/mol. The minimum atomic E-state index is -0.453. The third-order valence-corrected chi connectivity index (χ3v) is 8.04. The molecule has 208 valence electrons. The normalized spacial score (nSPS) is 22.4. The molecule has 2 bridgehead atoms. The van der Waals surface area contributed by atoms with E-state index >= 15 is 0 Å². The van der Waals surface area contributed by atoms with Crippen LogP contribution in [0.2, 0.25) is 0 Å². The quantitative estimate of drug-likeness (QED) is 0.525. The van der Waals surface area contributed by atoms with Crippen molar-refractivity contribution in [1.29, 1.82) is 0 Å². The van der Waals surface area contributed by atoms with Gasteiger partial charge in [0.25, 0.3) is 5.91 Å². The summed E-state index contributed by atoms with van der Waals surface area (Å²) in [5.41, 5.74) is 14.1. The number of nitrogens with two attached hydrogens (primary N) is 2. The van der Waals surface area contributed by atoms with Crippen molar-refractivity contribution in [2.45, 2.75) is 50.6 Å². The highest BCUT2D eigenvalue weighted by Gasteiger charge is 2.33. The van der Waals surface area contributed by atoms with Crippen LogP contribution in [0.5, 0.6) is 5.75 Å². The van der Waals surface area contributed by atoms with Crippen LogP contribution in [-0.4, -0.2) is 77.3 Å². The number of aromatic nitrogens is 3. The summed E-state index contributed by atoms with van der Waals surface area (Å²) in [7, 11) is 0. The van der Waals surface area contributed by atoms with Crippen LogP contribution >= 0.6 is 0 Å². The molecule has 0 aliphatic carbocycles. The number of piperidine rings is 1. The molecule has 2 saturated heterocycles. The van der Waals surface area contributed by atoms with E-state index in [1.54, 1.807) is 6.07 Å². The fourth-order valence-corrected chi connectivity index (χ4v) is 6.02. The smallest absolute Gasteiger partial charge is 0.258 e. The van der Waals surface area contributed by atoms with Crippen molar-refractivity contribution in [3.63, 3.8) is 0 Å². The first kappa shape index (κ1) is 25.8. The Labute approximate surface area is 227 Å². The van der Waals surface area contributed by atoms with E-state index in [1.807, 2.05) is 15.5 Å². The van der Waals surface area contributed by atoms with Crippen molar-refractivity contribution in [2.75, 3.05) is 55.7 Å². The molecule has 2 atom stereocenters. The summed E-state index contributed by atoms with van der Waals surface area (Å²) in [6, 6.07) is 8.17. The maximum Gasteiger partial charge on any atom is 0.258 e. The second-order valence-electron chi connectivity index (χ2n) is 10.8. The predicted octanol–water partition coefficient (Wildman–Crippen LogP) is 2.71. The van der Waals surface area contributed by atoms with Crippen LogP contribution in [0.4, 0.5) is 16.0 Å². The number of fused-ring (bicyclic) bond motifs is 4. The van der Waals surface area contributed by atoms with Gasteiger partial charge in [-0.2, -0.15) is 9.61 Å². The van der Waals surface area contributed by atoms with Crippen molar-refractivity contribution < 1.29 is 13.9 Å². The fraction of sp³-hybridized carbons (Fsp3) is 0.536. The maximum absolute atomic E-state index is 14.3. The van der Waals surface area contributed by atoms with Crippen LogP contribution in [-0.2, 0) is 0 Å². The lowest BCUT2D eigenvalue weighted by molar-refractivity contribution is 0.0601. The number of ether oxygens (including phenoxy) is 1. The third-order valence-electron chi connectivity index (χ3n) is 8.04. The second-order valence-corrected chi connectivity index (χ2v) is 10.8. The number of amides is 1. The van der Waals surface area contributed by atoms with Gasteiger partial charge in [-0.25, -0.2) is 9.37 Å². The zero-order valence-electron chi connectivity index (χ0n) is 22.3. The summed E-state index contributed by atoms with van der Waals surface area (Å²) in [6.07, 6.45) is 5.18. The van der Waals surface area contributed by atoms with E-state index in [1.165, 1.54) is 12.1 Å². The number of nitrogens with zero attached hydrogens (tertiary/aromatic N) is 6. The van der Waals surface area contributed by atoms with Gasteiger partial charge in [-0.15, -0.1) is 0 Å². The van der Waals surface area contributed by atoms with Crippen molar-refractivity contribution in [3.8, 4) is 5.75 Å².